The molecule has 3 heteroatoms. The average molecular weight is 601 g/mol. The van der Waals surface area contributed by atoms with Crippen molar-refractivity contribution in [3.63, 3.8) is 0 Å². The fourth-order valence-corrected chi connectivity index (χ4v) is 5.91. The second kappa shape index (κ2) is 20.2. The maximum Gasteiger partial charge on any atom is 0.348 e. The van der Waals surface area contributed by atoms with Gasteiger partial charge in [0, 0.05) is 0 Å². The van der Waals surface area contributed by atoms with Crippen LogP contribution in [0.3, 0.4) is 0 Å². The second-order valence-corrected chi connectivity index (χ2v) is 12.8. The molecule has 0 aliphatic carbocycles. The molecule has 0 aliphatic heterocycles. The van der Waals surface area contributed by atoms with E-state index in [0.717, 1.165) is 36.0 Å². The van der Waals surface area contributed by atoms with Crippen LogP contribution in [0.15, 0.2) is 72.8 Å². The predicted molar refractivity (Wildman–Crippen MR) is 186 cm³/mol. The molecular formula is C41H57FO2. The quantitative estimate of drug-likeness (QED) is 0.0651. The van der Waals surface area contributed by atoms with Gasteiger partial charge in [0.15, 0.2) is 0 Å². The van der Waals surface area contributed by atoms with Gasteiger partial charge in [-0.25, -0.2) is 9.18 Å². The first-order valence-electron chi connectivity index (χ1n) is 17.6. The van der Waals surface area contributed by atoms with E-state index in [2.05, 4.69) is 56.3 Å². The van der Waals surface area contributed by atoms with Crippen LogP contribution in [0.25, 0.3) is 22.3 Å². The Morgan fingerprint density at radius 3 is 1.52 bits per heavy atom. The van der Waals surface area contributed by atoms with Gasteiger partial charge in [0.1, 0.15) is 5.75 Å². The van der Waals surface area contributed by atoms with Gasteiger partial charge in [-0.2, -0.15) is 0 Å². The van der Waals surface area contributed by atoms with Crippen LogP contribution in [0.2, 0.25) is 0 Å². The van der Waals surface area contributed by atoms with Gasteiger partial charge < -0.3 is 4.74 Å². The summed E-state index contributed by atoms with van der Waals surface area (Å²) in [5.74, 6) is -0.429. The number of carbonyl (C=O) groups excluding carboxylic acids is 1. The third kappa shape index (κ3) is 12.6. The van der Waals surface area contributed by atoms with Crippen LogP contribution in [0.4, 0.5) is 4.39 Å². The number of hydrogen-bond donors (Lipinski definition) is 0. The van der Waals surface area contributed by atoms with Gasteiger partial charge >= 0.3 is 5.97 Å². The van der Waals surface area contributed by atoms with E-state index in [1.165, 1.54) is 102 Å². The Bertz CT molecular complexity index is 1200. The van der Waals surface area contributed by atoms with Gasteiger partial charge in [0.2, 0.25) is 5.67 Å². The normalized spacial score (nSPS) is 12.6. The summed E-state index contributed by atoms with van der Waals surface area (Å²) < 4.78 is 20.6. The van der Waals surface area contributed by atoms with Crippen LogP contribution in [0.5, 0.6) is 5.75 Å². The van der Waals surface area contributed by atoms with E-state index in [-0.39, 0.29) is 6.42 Å². The Morgan fingerprint density at radius 2 is 1.02 bits per heavy atom. The van der Waals surface area contributed by atoms with Crippen LogP contribution in [-0.2, 0) is 11.2 Å². The van der Waals surface area contributed by atoms with Crippen LogP contribution >= 0.6 is 0 Å². The van der Waals surface area contributed by atoms with Gasteiger partial charge in [-0.15, -0.1) is 0 Å². The van der Waals surface area contributed by atoms with Crippen LogP contribution in [0.1, 0.15) is 135 Å². The minimum absolute atomic E-state index is 0.199. The summed E-state index contributed by atoms with van der Waals surface area (Å²) in [6.45, 7) is 5.83. The van der Waals surface area contributed by atoms with Gasteiger partial charge in [0.25, 0.3) is 0 Å². The number of alkyl halides is 1. The van der Waals surface area contributed by atoms with Crippen molar-refractivity contribution in [3.8, 4) is 28.0 Å². The van der Waals surface area contributed by atoms with E-state index < -0.39 is 11.6 Å². The number of carbonyl (C=O) groups is 1. The Morgan fingerprint density at radius 1 is 0.591 bits per heavy atom. The highest BCUT2D eigenvalue weighted by Crippen LogP contribution is 2.33. The Kier molecular flexibility index (Phi) is 16.3. The molecule has 0 radical (unpaired) electrons. The lowest BCUT2D eigenvalue weighted by Gasteiger charge is -2.18. The number of benzene rings is 3. The third-order valence-electron chi connectivity index (χ3n) is 8.81. The molecule has 0 N–H and O–H groups in total. The summed E-state index contributed by atoms with van der Waals surface area (Å²) in [5, 5.41) is 0. The highest BCUT2D eigenvalue weighted by molar-refractivity contribution is 5.84. The lowest BCUT2D eigenvalue weighted by Crippen LogP contribution is -2.34. The SMILES string of the molecule is CCCCCCCCCCc1ccc(-c2ccccc2-c2ccc(OC(=O)C(C)(F)CCCCCCCCCC)cc2)cc1. The lowest BCUT2D eigenvalue weighted by molar-refractivity contribution is -0.147. The number of unbranched alkanes of at least 4 members (excludes halogenated alkanes) is 14. The van der Waals surface area contributed by atoms with Crippen molar-refractivity contribution < 1.29 is 13.9 Å². The summed E-state index contributed by atoms with van der Waals surface area (Å²) >= 11 is 0. The number of halogens is 1. The fourth-order valence-electron chi connectivity index (χ4n) is 5.91. The molecule has 0 heterocycles. The summed E-state index contributed by atoms with van der Waals surface area (Å²) in [7, 11) is 0. The molecule has 3 aromatic carbocycles. The van der Waals surface area contributed by atoms with Gasteiger partial charge in [0.05, 0.1) is 0 Å². The molecular weight excluding hydrogens is 543 g/mol. The zero-order valence-electron chi connectivity index (χ0n) is 27.9. The molecule has 0 saturated carbocycles. The summed E-state index contributed by atoms with van der Waals surface area (Å²) in [6.07, 6.45) is 21.0. The highest BCUT2D eigenvalue weighted by Gasteiger charge is 2.34. The van der Waals surface area contributed by atoms with Crippen molar-refractivity contribution in [2.75, 3.05) is 0 Å². The predicted octanol–water partition coefficient (Wildman–Crippen LogP) is 12.9. The minimum Gasteiger partial charge on any atom is -0.424 e. The summed E-state index contributed by atoms with van der Waals surface area (Å²) in [4.78, 5) is 12.6. The smallest absolute Gasteiger partial charge is 0.348 e. The zero-order chi connectivity index (χ0) is 31.5. The topological polar surface area (TPSA) is 26.3 Å². The standard InChI is InChI=1S/C41H57FO2/c1-4-6-8-10-12-14-16-18-22-34-25-27-35(28-26-34)38-23-19-20-24-39(38)36-29-31-37(32-30-36)44-40(43)41(3,42)33-21-17-15-13-11-9-7-5-2/h19-20,23-32H,4-18,21-22,33H2,1-3H3. The largest absolute Gasteiger partial charge is 0.424 e. The maximum absolute atomic E-state index is 15.1. The summed E-state index contributed by atoms with van der Waals surface area (Å²) in [5.41, 5.74) is 3.91. The van der Waals surface area contributed by atoms with Crippen molar-refractivity contribution >= 4 is 5.97 Å². The first-order chi connectivity index (χ1) is 21.4. The molecule has 0 aliphatic rings. The Labute approximate surface area is 267 Å². The molecule has 0 spiro atoms. The molecule has 44 heavy (non-hydrogen) atoms. The molecule has 240 valence electrons. The lowest BCUT2D eigenvalue weighted by atomic mass is 9.93. The van der Waals surface area contributed by atoms with Gasteiger partial charge in [-0.1, -0.05) is 164 Å². The van der Waals surface area contributed by atoms with E-state index in [4.69, 9.17) is 4.74 Å². The Hall–Kier alpha value is -2.94. The van der Waals surface area contributed by atoms with E-state index in [1.807, 2.05) is 18.2 Å². The number of hydrogen-bond acceptors (Lipinski definition) is 2. The first kappa shape index (κ1) is 35.5. The van der Waals surface area contributed by atoms with Crippen molar-refractivity contribution in [2.24, 2.45) is 0 Å². The number of rotatable bonds is 22. The van der Waals surface area contributed by atoms with Crippen molar-refractivity contribution in [2.45, 2.75) is 142 Å². The molecule has 0 fully saturated rings. The number of ether oxygens (including phenoxy) is 1. The van der Waals surface area contributed by atoms with E-state index in [1.54, 1.807) is 12.1 Å². The number of aryl methyl sites for hydroxylation is 1. The highest BCUT2D eigenvalue weighted by atomic mass is 19.1. The minimum atomic E-state index is -1.98. The molecule has 2 nitrogen and oxygen atoms in total. The summed E-state index contributed by atoms with van der Waals surface area (Å²) in [6, 6.07) is 24.8. The molecule has 3 rings (SSSR count). The second-order valence-electron chi connectivity index (χ2n) is 12.8. The third-order valence-corrected chi connectivity index (χ3v) is 8.81. The molecule has 3 aromatic rings. The van der Waals surface area contributed by atoms with Crippen LogP contribution < -0.4 is 4.74 Å². The monoisotopic (exact) mass is 600 g/mol. The molecule has 0 saturated heterocycles. The number of esters is 1. The Balaban J connectivity index is 1.50. The van der Waals surface area contributed by atoms with E-state index in [9.17, 15) is 4.79 Å². The molecule has 0 bridgehead atoms. The zero-order valence-corrected chi connectivity index (χ0v) is 27.9. The van der Waals surface area contributed by atoms with Crippen molar-refractivity contribution in [3.05, 3.63) is 78.4 Å². The molecule has 1 unspecified atom stereocenters. The first-order valence-corrected chi connectivity index (χ1v) is 17.6. The average Bonchev–Trinajstić information content (AvgIpc) is 3.04. The van der Waals surface area contributed by atoms with Crippen LogP contribution in [-0.4, -0.2) is 11.6 Å². The van der Waals surface area contributed by atoms with Crippen LogP contribution in [0, 0.1) is 0 Å². The van der Waals surface area contributed by atoms with Crippen molar-refractivity contribution in [1.82, 2.24) is 0 Å². The fraction of sp³-hybridized carbons (Fsp3) is 0.537. The maximum atomic E-state index is 15.1. The molecule has 0 amide bonds. The van der Waals surface area contributed by atoms with Gasteiger partial charge in [-0.05, 0) is 72.6 Å². The van der Waals surface area contributed by atoms with Crippen molar-refractivity contribution in [1.29, 1.82) is 0 Å². The van der Waals surface area contributed by atoms with Gasteiger partial charge in [-0.3, -0.25) is 0 Å². The van der Waals surface area contributed by atoms with E-state index >= 15 is 4.39 Å². The molecule has 1 atom stereocenters. The van der Waals surface area contributed by atoms with E-state index in [0.29, 0.717) is 12.2 Å². The molecule has 0 aromatic heterocycles.